The van der Waals surface area contributed by atoms with Crippen molar-refractivity contribution in [1.82, 2.24) is 0 Å². The Morgan fingerprint density at radius 3 is 2.45 bits per heavy atom. The number of fused-ring (bicyclic) bond motifs is 1. The van der Waals surface area contributed by atoms with Crippen LogP contribution in [-0.4, -0.2) is 13.2 Å². The lowest BCUT2D eigenvalue weighted by Crippen LogP contribution is -2.15. The highest BCUT2D eigenvalue weighted by atomic mass is 79.9. The molecule has 0 bridgehead atoms. The fourth-order valence-electron chi connectivity index (χ4n) is 2.13. The number of nitrogens with two attached hydrogens (primary N) is 1. The number of anilines is 3. The second kappa shape index (κ2) is 5.25. The Labute approximate surface area is 126 Å². The molecule has 2 aromatic rings. The molecule has 1 aliphatic rings. The summed E-state index contributed by atoms with van der Waals surface area (Å²) in [5, 5.41) is 3.34. The van der Waals surface area contributed by atoms with E-state index in [1.165, 1.54) is 0 Å². The molecule has 0 saturated carbocycles. The summed E-state index contributed by atoms with van der Waals surface area (Å²) in [5.41, 5.74) is 9.66. The lowest BCUT2D eigenvalue weighted by Gasteiger charge is -2.21. The maximum Gasteiger partial charge on any atom is 0.163 e. The van der Waals surface area contributed by atoms with Crippen LogP contribution in [-0.2, 0) is 0 Å². The van der Waals surface area contributed by atoms with Crippen LogP contribution in [0.3, 0.4) is 0 Å². The normalized spacial score (nSPS) is 13.1. The van der Waals surface area contributed by atoms with Gasteiger partial charge in [0.25, 0.3) is 0 Å². The SMILES string of the molecule is Cc1cc(Br)ccc1Nc1cc2c(cc1N)OCCO2. The Morgan fingerprint density at radius 1 is 1.05 bits per heavy atom. The van der Waals surface area contributed by atoms with Crippen molar-refractivity contribution in [2.45, 2.75) is 6.92 Å². The van der Waals surface area contributed by atoms with Gasteiger partial charge in [-0.2, -0.15) is 0 Å². The molecule has 4 nitrogen and oxygen atoms in total. The van der Waals surface area contributed by atoms with Crippen LogP contribution in [0.15, 0.2) is 34.8 Å². The molecule has 0 unspecified atom stereocenters. The maximum atomic E-state index is 6.07. The molecule has 2 aromatic carbocycles. The molecule has 1 heterocycles. The molecule has 3 rings (SSSR count). The van der Waals surface area contributed by atoms with E-state index in [2.05, 4.69) is 27.3 Å². The van der Waals surface area contributed by atoms with Gasteiger partial charge in [0.15, 0.2) is 11.5 Å². The number of aryl methyl sites for hydroxylation is 1. The Balaban J connectivity index is 1.94. The van der Waals surface area contributed by atoms with Crippen LogP contribution in [0.2, 0.25) is 0 Å². The van der Waals surface area contributed by atoms with E-state index in [4.69, 9.17) is 15.2 Å². The molecule has 0 saturated heterocycles. The van der Waals surface area contributed by atoms with Crippen LogP contribution < -0.4 is 20.5 Å². The first kappa shape index (κ1) is 13.1. The number of ether oxygens (including phenoxy) is 2. The van der Waals surface area contributed by atoms with E-state index in [0.29, 0.717) is 24.7 Å². The predicted octanol–water partition coefficient (Wildman–Crippen LogP) is 3.85. The van der Waals surface area contributed by atoms with Crippen molar-refractivity contribution in [2.75, 3.05) is 24.3 Å². The van der Waals surface area contributed by atoms with Gasteiger partial charge in [-0.05, 0) is 30.7 Å². The van der Waals surface area contributed by atoms with Crippen LogP contribution in [0, 0.1) is 6.92 Å². The van der Waals surface area contributed by atoms with Gasteiger partial charge in [0.1, 0.15) is 13.2 Å². The highest BCUT2D eigenvalue weighted by Crippen LogP contribution is 2.38. The van der Waals surface area contributed by atoms with E-state index in [1.807, 2.05) is 25.1 Å². The predicted molar refractivity (Wildman–Crippen MR) is 84.0 cm³/mol. The van der Waals surface area contributed by atoms with Crippen molar-refractivity contribution in [2.24, 2.45) is 0 Å². The Hall–Kier alpha value is -1.88. The summed E-state index contributed by atoms with van der Waals surface area (Å²) >= 11 is 3.46. The summed E-state index contributed by atoms with van der Waals surface area (Å²) in [7, 11) is 0. The molecule has 5 heteroatoms. The first-order chi connectivity index (χ1) is 9.63. The molecule has 104 valence electrons. The van der Waals surface area contributed by atoms with E-state index in [9.17, 15) is 0 Å². The van der Waals surface area contributed by atoms with Gasteiger partial charge in [-0.15, -0.1) is 0 Å². The molecule has 0 aliphatic carbocycles. The fraction of sp³-hybridized carbons (Fsp3) is 0.200. The zero-order valence-corrected chi connectivity index (χ0v) is 12.7. The topological polar surface area (TPSA) is 56.5 Å². The minimum absolute atomic E-state index is 0.561. The van der Waals surface area contributed by atoms with E-state index in [0.717, 1.165) is 27.2 Å². The van der Waals surface area contributed by atoms with Crippen LogP contribution in [0.5, 0.6) is 11.5 Å². The van der Waals surface area contributed by atoms with E-state index in [1.54, 1.807) is 6.07 Å². The lowest BCUT2D eigenvalue weighted by molar-refractivity contribution is 0.172. The van der Waals surface area contributed by atoms with Crippen molar-refractivity contribution < 1.29 is 9.47 Å². The average Bonchev–Trinajstić information content (AvgIpc) is 2.42. The van der Waals surface area contributed by atoms with Crippen molar-refractivity contribution in [3.63, 3.8) is 0 Å². The van der Waals surface area contributed by atoms with Gasteiger partial charge in [-0.3, -0.25) is 0 Å². The second-order valence-corrected chi connectivity index (χ2v) is 5.58. The van der Waals surface area contributed by atoms with Crippen LogP contribution in [0.1, 0.15) is 5.56 Å². The summed E-state index contributed by atoms with van der Waals surface area (Å²) in [6.45, 7) is 3.17. The molecule has 0 fully saturated rings. The van der Waals surface area contributed by atoms with Crippen LogP contribution in [0.4, 0.5) is 17.1 Å². The van der Waals surface area contributed by atoms with Gasteiger partial charge < -0.3 is 20.5 Å². The molecule has 0 atom stereocenters. The largest absolute Gasteiger partial charge is 0.486 e. The minimum atomic E-state index is 0.561. The van der Waals surface area contributed by atoms with E-state index >= 15 is 0 Å². The van der Waals surface area contributed by atoms with Crippen molar-refractivity contribution >= 4 is 33.0 Å². The molecule has 0 aromatic heterocycles. The number of nitrogen functional groups attached to an aromatic ring is 1. The zero-order chi connectivity index (χ0) is 14.1. The molecule has 0 radical (unpaired) electrons. The third kappa shape index (κ3) is 2.54. The number of benzene rings is 2. The molecule has 0 spiro atoms. The number of halogens is 1. The molecular formula is C15H15BrN2O2. The van der Waals surface area contributed by atoms with E-state index in [-0.39, 0.29) is 0 Å². The van der Waals surface area contributed by atoms with Gasteiger partial charge in [0, 0.05) is 22.3 Å². The highest BCUT2D eigenvalue weighted by molar-refractivity contribution is 9.10. The van der Waals surface area contributed by atoms with Crippen molar-refractivity contribution in [3.8, 4) is 11.5 Å². The second-order valence-electron chi connectivity index (χ2n) is 4.67. The fourth-order valence-corrected chi connectivity index (χ4v) is 2.60. The molecule has 3 N–H and O–H groups in total. The summed E-state index contributed by atoms with van der Waals surface area (Å²) < 4.78 is 12.1. The quantitative estimate of drug-likeness (QED) is 0.819. The van der Waals surface area contributed by atoms with Crippen LogP contribution in [0.25, 0.3) is 0 Å². The monoisotopic (exact) mass is 334 g/mol. The van der Waals surface area contributed by atoms with Gasteiger partial charge in [0.2, 0.25) is 0 Å². The molecule has 0 amide bonds. The van der Waals surface area contributed by atoms with Gasteiger partial charge >= 0.3 is 0 Å². The Morgan fingerprint density at radius 2 is 1.75 bits per heavy atom. The van der Waals surface area contributed by atoms with Gasteiger partial charge in [-0.25, -0.2) is 0 Å². The third-order valence-corrected chi connectivity index (χ3v) is 3.67. The highest BCUT2D eigenvalue weighted by Gasteiger charge is 2.15. The maximum absolute atomic E-state index is 6.07. The van der Waals surface area contributed by atoms with Gasteiger partial charge in [-0.1, -0.05) is 15.9 Å². The Kier molecular flexibility index (Phi) is 3.44. The number of rotatable bonds is 2. The summed E-state index contributed by atoms with van der Waals surface area (Å²) in [6.07, 6.45) is 0. The molecular weight excluding hydrogens is 320 g/mol. The number of hydrogen-bond donors (Lipinski definition) is 2. The summed E-state index contributed by atoms with van der Waals surface area (Å²) in [4.78, 5) is 0. The zero-order valence-electron chi connectivity index (χ0n) is 11.1. The van der Waals surface area contributed by atoms with E-state index < -0.39 is 0 Å². The third-order valence-electron chi connectivity index (χ3n) is 3.17. The number of nitrogens with one attached hydrogen (secondary N) is 1. The van der Waals surface area contributed by atoms with Crippen molar-refractivity contribution in [3.05, 3.63) is 40.4 Å². The van der Waals surface area contributed by atoms with Crippen molar-refractivity contribution in [1.29, 1.82) is 0 Å². The smallest absolute Gasteiger partial charge is 0.163 e. The van der Waals surface area contributed by atoms with Gasteiger partial charge in [0.05, 0.1) is 11.4 Å². The summed E-state index contributed by atoms with van der Waals surface area (Å²) in [6, 6.07) is 9.73. The molecule has 1 aliphatic heterocycles. The van der Waals surface area contributed by atoms with Crippen LogP contribution >= 0.6 is 15.9 Å². The average molecular weight is 335 g/mol. The first-order valence-corrected chi connectivity index (χ1v) is 7.15. The minimum Gasteiger partial charge on any atom is -0.486 e. The summed E-state index contributed by atoms with van der Waals surface area (Å²) in [5.74, 6) is 1.43. The lowest BCUT2D eigenvalue weighted by atomic mass is 10.1. The standard InChI is InChI=1S/C15H15BrN2O2/c1-9-6-10(16)2-3-12(9)18-13-8-15-14(7-11(13)17)19-4-5-20-15/h2-3,6-8,18H,4-5,17H2,1H3. The first-order valence-electron chi connectivity index (χ1n) is 6.36. The molecule has 20 heavy (non-hydrogen) atoms. The number of hydrogen-bond acceptors (Lipinski definition) is 4. The Bertz CT molecular complexity index is 659.